The van der Waals surface area contributed by atoms with E-state index < -0.39 is 14.6 Å². The van der Waals surface area contributed by atoms with Crippen LogP contribution in [-0.2, 0) is 14.6 Å². The molecule has 2 aliphatic rings. The Balaban J connectivity index is 2.02. The third-order valence-electron chi connectivity index (χ3n) is 6.07. The first-order valence-corrected chi connectivity index (χ1v) is 11.1. The lowest BCUT2D eigenvalue weighted by molar-refractivity contribution is -0.135. The molecule has 3 rings (SSSR count). The van der Waals surface area contributed by atoms with Crippen molar-refractivity contribution in [3.8, 4) is 0 Å². The zero-order valence-corrected chi connectivity index (χ0v) is 16.9. The molecule has 1 unspecified atom stereocenters. The van der Waals surface area contributed by atoms with E-state index >= 15 is 0 Å². The molecule has 1 N–H and O–H groups in total. The first-order chi connectivity index (χ1) is 12.3. The quantitative estimate of drug-likeness (QED) is 0.875. The van der Waals surface area contributed by atoms with Crippen LogP contribution >= 0.6 is 0 Å². The molecule has 0 spiro atoms. The van der Waals surface area contributed by atoms with Crippen LogP contribution in [0.2, 0.25) is 0 Å². The largest absolute Gasteiger partial charge is 0.340 e. The monoisotopic (exact) mass is 378 g/mol. The topological polar surface area (TPSA) is 66.5 Å². The summed E-state index contributed by atoms with van der Waals surface area (Å²) >= 11 is 0. The third-order valence-corrected chi connectivity index (χ3v) is 8.70. The van der Waals surface area contributed by atoms with Gasteiger partial charge in [0.1, 0.15) is 0 Å². The Hall–Kier alpha value is -1.40. The van der Waals surface area contributed by atoms with Gasteiger partial charge in [-0.05, 0) is 63.8 Å². The van der Waals surface area contributed by atoms with Gasteiger partial charge < -0.3 is 10.2 Å². The molecule has 0 aromatic heterocycles. The number of likely N-dealkylation sites (tertiary alicyclic amines) is 1. The molecule has 1 aromatic carbocycles. The predicted molar refractivity (Wildman–Crippen MR) is 103 cm³/mol. The Kier molecular flexibility index (Phi) is 5.45. The van der Waals surface area contributed by atoms with Crippen molar-refractivity contribution in [2.24, 2.45) is 0 Å². The molecule has 1 aliphatic carbocycles. The number of carbonyl (C=O) groups excluding carboxylic acids is 1. The number of amides is 1. The molecule has 2 fully saturated rings. The molecule has 26 heavy (non-hydrogen) atoms. The minimum atomic E-state index is -3.74. The fourth-order valence-corrected chi connectivity index (χ4v) is 6.88. The summed E-state index contributed by atoms with van der Waals surface area (Å²) in [6.45, 7) is 4.96. The summed E-state index contributed by atoms with van der Waals surface area (Å²) in [4.78, 5) is 15.6. The normalized spacial score (nSPS) is 23.2. The number of rotatable bonds is 4. The van der Waals surface area contributed by atoms with Gasteiger partial charge in [-0.15, -0.1) is 0 Å². The van der Waals surface area contributed by atoms with Gasteiger partial charge >= 0.3 is 0 Å². The van der Waals surface area contributed by atoms with Crippen LogP contribution in [0.4, 0.5) is 0 Å². The molecule has 5 nitrogen and oxygen atoms in total. The number of nitrogens with zero attached hydrogens (tertiary/aromatic N) is 1. The molecule has 1 heterocycles. The van der Waals surface area contributed by atoms with Crippen molar-refractivity contribution in [3.05, 3.63) is 29.3 Å². The number of piperidine rings is 1. The fourth-order valence-electron chi connectivity index (χ4n) is 4.44. The van der Waals surface area contributed by atoms with Crippen molar-refractivity contribution in [2.75, 3.05) is 20.1 Å². The summed E-state index contributed by atoms with van der Waals surface area (Å²) in [6.07, 6.45) is 4.39. The maximum absolute atomic E-state index is 13.7. The van der Waals surface area contributed by atoms with Gasteiger partial charge in [-0.2, -0.15) is 0 Å². The minimum Gasteiger partial charge on any atom is -0.340 e. The highest BCUT2D eigenvalue weighted by Gasteiger charge is 2.55. The summed E-state index contributed by atoms with van der Waals surface area (Å²) in [7, 11) is -1.84. The highest BCUT2D eigenvalue weighted by atomic mass is 32.2. The average molecular weight is 379 g/mol. The molecule has 1 aliphatic heterocycles. The van der Waals surface area contributed by atoms with Crippen molar-refractivity contribution in [1.82, 2.24) is 10.2 Å². The molecule has 1 aromatic rings. The van der Waals surface area contributed by atoms with E-state index in [0.717, 1.165) is 36.8 Å². The predicted octanol–water partition coefficient (Wildman–Crippen LogP) is 2.60. The second kappa shape index (κ2) is 7.31. The Morgan fingerprint density at radius 2 is 1.88 bits per heavy atom. The third kappa shape index (κ3) is 3.18. The molecule has 1 amide bonds. The van der Waals surface area contributed by atoms with E-state index in [1.54, 1.807) is 11.0 Å². The van der Waals surface area contributed by atoms with Gasteiger partial charge in [0, 0.05) is 19.1 Å². The molecule has 144 valence electrons. The van der Waals surface area contributed by atoms with Crippen LogP contribution in [0.3, 0.4) is 0 Å². The molecular weight excluding hydrogens is 348 g/mol. The van der Waals surface area contributed by atoms with Gasteiger partial charge in [-0.1, -0.05) is 25.0 Å². The first-order valence-electron chi connectivity index (χ1n) is 9.60. The van der Waals surface area contributed by atoms with E-state index in [1.807, 2.05) is 33.0 Å². The van der Waals surface area contributed by atoms with Gasteiger partial charge in [-0.3, -0.25) is 4.79 Å². The standard InChI is InChI=1S/C20H30N2O3S/c1-15-8-9-16(2)18(13-15)26(24,25)20(10-4-5-11-20)19(23)22-12-6-7-17(14-22)21-3/h8-9,13,17,21H,4-7,10-12,14H2,1-3H3. The van der Waals surface area contributed by atoms with Crippen LogP contribution in [0.5, 0.6) is 0 Å². The number of sulfone groups is 1. The van der Waals surface area contributed by atoms with E-state index in [9.17, 15) is 13.2 Å². The van der Waals surface area contributed by atoms with E-state index in [4.69, 9.17) is 0 Å². The zero-order chi connectivity index (χ0) is 18.9. The second-order valence-corrected chi connectivity index (χ2v) is 10.1. The molecule has 6 heteroatoms. The summed E-state index contributed by atoms with van der Waals surface area (Å²) in [6, 6.07) is 5.73. The maximum atomic E-state index is 13.7. The Bertz CT molecular complexity index is 782. The first kappa shape index (κ1) is 19.4. The number of benzene rings is 1. The molecule has 1 saturated carbocycles. The number of hydrogen-bond acceptors (Lipinski definition) is 4. The number of hydrogen-bond donors (Lipinski definition) is 1. The molecule has 1 atom stereocenters. The summed E-state index contributed by atoms with van der Waals surface area (Å²) in [5.41, 5.74) is 1.63. The Morgan fingerprint density at radius 3 is 2.54 bits per heavy atom. The van der Waals surface area contributed by atoms with Crippen LogP contribution in [0.1, 0.15) is 49.7 Å². The smallest absolute Gasteiger partial charge is 0.244 e. The molecule has 0 bridgehead atoms. The van der Waals surface area contributed by atoms with Crippen molar-refractivity contribution < 1.29 is 13.2 Å². The van der Waals surface area contributed by atoms with Gasteiger partial charge in [0.15, 0.2) is 14.6 Å². The van der Waals surface area contributed by atoms with Crippen molar-refractivity contribution in [2.45, 2.75) is 68.1 Å². The second-order valence-electron chi connectivity index (χ2n) is 7.85. The highest BCUT2D eigenvalue weighted by molar-refractivity contribution is 7.93. The molecular formula is C20H30N2O3S. The van der Waals surface area contributed by atoms with Crippen molar-refractivity contribution in [3.63, 3.8) is 0 Å². The van der Waals surface area contributed by atoms with E-state index in [1.165, 1.54) is 0 Å². The number of likely N-dealkylation sites (N-methyl/N-ethyl adjacent to an activating group) is 1. The number of nitrogens with one attached hydrogen (secondary N) is 1. The lowest BCUT2D eigenvalue weighted by atomic mass is 10.0. The minimum absolute atomic E-state index is 0.184. The van der Waals surface area contributed by atoms with Crippen LogP contribution in [0.25, 0.3) is 0 Å². The highest BCUT2D eigenvalue weighted by Crippen LogP contribution is 2.43. The molecule has 0 radical (unpaired) electrons. The fraction of sp³-hybridized carbons (Fsp3) is 0.650. The summed E-state index contributed by atoms with van der Waals surface area (Å²) in [5.74, 6) is -0.184. The number of carbonyl (C=O) groups is 1. The van der Waals surface area contributed by atoms with E-state index in [0.29, 0.717) is 30.8 Å². The van der Waals surface area contributed by atoms with E-state index in [2.05, 4.69) is 5.32 Å². The summed E-state index contributed by atoms with van der Waals surface area (Å²) < 4.78 is 26.1. The van der Waals surface area contributed by atoms with Crippen molar-refractivity contribution in [1.29, 1.82) is 0 Å². The summed E-state index contributed by atoms with van der Waals surface area (Å²) in [5, 5.41) is 3.24. The van der Waals surface area contributed by atoms with Gasteiger partial charge in [0.2, 0.25) is 5.91 Å². The Labute approximate surface area is 157 Å². The van der Waals surface area contributed by atoms with Gasteiger partial charge in [0.05, 0.1) is 4.90 Å². The maximum Gasteiger partial charge on any atom is 0.244 e. The van der Waals surface area contributed by atoms with Crippen LogP contribution in [-0.4, -0.2) is 50.2 Å². The average Bonchev–Trinajstić information content (AvgIpc) is 3.14. The van der Waals surface area contributed by atoms with Crippen LogP contribution < -0.4 is 5.32 Å². The van der Waals surface area contributed by atoms with E-state index in [-0.39, 0.29) is 11.9 Å². The van der Waals surface area contributed by atoms with Crippen LogP contribution in [0.15, 0.2) is 23.1 Å². The lowest BCUT2D eigenvalue weighted by Gasteiger charge is -2.38. The lowest BCUT2D eigenvalue weighted by Crippen LogP contribution is -2.56. The van der Waals surface area contributed by atoms with Crippen LogP contribution in [0, 0.1) is 13.8 Å². The van der Waals surface area contributed by atoms with Gasteiger partial charge in [-0.25, -0.2) is 8.42 Å². The number of aryl methyl sites for hydroxylation is 2. The Morgan fingerprint density at radius 1 is 1.19 bits per heavy atom. The van der Waals surface area contributed by atoms with Gasteiger partial charge in [0.25, 0.3) is 0 Å². The van der Waals surface area contributed by atoms with Crippen molar-refractivity contribution >= 4 is 15.7 Å². The SMILES string of the molecule is CNC1CCCN(C(=O)C2(S(=O)(=O)c3cc(C)ccc3C)CCCC2)C1. The zero-order valence-electron chi connectivity index (χ0n) is 16.0. The molecule has 1 saturated heterocycles.